The Kier molecular flexibility index (Phi) is 5.75. The van der Waals surface area contributed by atoms with Crippen molar-refractivity contribution in [3.8, 4) is 5.75 Å². The topological polar surface area (TPSA) is 80.5 Å². The summed E-state index contributed by atoms with van der Waals surface area (Å²) in [4.78, 5) is 18.7. The molecule has 1 saturated heterocycles. The highest BCUT2D eigenvalue weighted by Crippen LogP contribution is 2.26. The molecule has 0 bridgehead atoms. The van der Waals surface area contributed by atoms with Crippen LogP contribution in [0.1, 0.15) is 43.0 Å². The van der Waals surface area contributed by atoms with Crippen LogP contribution in [0.25, 0.3) is 0 Å². The van der Waals surface area contributed by atoms with E-state index < -0.39 is 0 Å². The average molecular weight is 358 g/mol. The zero-order valence-corrected chi connectivity index (χ0v) is 15.6. The van der Waals surface area contributed by atoms with Gasteiger partial charge >= 0.3 is 6.03 Å². The third kappa shape index (κ3) is 4.53. The lowest BCUT2D eigenvalue weighted by Gasteiger charge is -2.31. The van der Waals surface area contributed by atoms with Crippen LogP contribution in [0, 0.1) is 6.92 Å². The van der Waals surface area contributed by atoms with Gasteiger partial charge in [-0.05, 0) is 50.8 Å². The van der Waals surface area contributed by atoms with Crippen LogP contribution >= 0.6 is 0 Å². The summed E-state index contributed by atoms with van der Waals surface area (Å²) in [5.74, 6) is 2.43. The normalized spacial score (nSPS) is 16.3. The molecule has 2 heterocycles. The van der Waals surface area contributed by atoms with Crippen molar-refractivity contribution in [2.75, 3.05) is 20.2 Å². The van der Waals surface area contributed by atoms with Crippen molar-refractivity contribution in [1.82, 2.24) is 20.4 Å². The molecule has 2 amide bonds. The van der Waals surface area contributed by atoms with E-state index in [4.69, 9.17) is 9.26 Å². The van der Waals surface area contributed by atoms with Gasteiger partial charge in [-0.2, -0.15) is 4.98 Å². The van der Waals surface area contributed by atoms with Crippen LogP contribution in [-0.2, 0) is 6.42 Å². The first kappa shape index (κ1) is 18.2. The van der Waals surface area contributed by atoms with Crippen molar-refractivity contribution < 1.29 is 14.1 Å². The third-order valence-corrected chi connectivity index (χ3v) is 4.72. The predicted molar refractivity (Wildman–Crippen MR) is 97.3 cm³/mol. The molecule has 1 unspecified atom stereocenters. The van der Waals surface area contributed by atoms with Crippen LogP contribution in [0.5, 0.6) is 5.75 Å². The standard InChI is InChI=1S/C19H26N4O3/c1-13(11-15-5-4-6-17(12-15)25-3)20-19(24)23-9-7-16(8-10-23)18-21-14(2)22-26-18/h4-6,12-13,16H,7-11H2,1-3H3,(H,20,24). The van der Waals surface area contributed by atoms with E-state index in [1.54, 1.807) is 7.11 Å². The molecular weight excluding hydrogens is 332 g/mol. The number of aryl methyl sites for hydroxylation is 1. The maximum absolute atomic E-state index is 12.5. The van der Waals surface area contributed by atoms with E-state index in [-0.39, 0.29) is 18.0 Å². The lowest BCUT2D eigenvalue weighted by molar-refractivity contribution is 0.172. The third-order valence-electron chi connectivity index (χ3n) is 4.72. The summed E-state index contributed by atoms with van der Waals surface area (Å²) in [6, 6.07) is 7.96. The van der Waals surface area contributed by atoms with E-state index in [2.05, 4.69) is 15.5 Å². The summed E-state index contributed by atoms with van der Waals surface area (Å²) < 4.78 is 10.5. The fourth-order valence-electron chi connectivity index (χ4n) is 3.31. The zero-order valence-electron chi connectivity index (χ0n) is 15.6. The number of piperidine rings is 1. The molecule has 0 radical (unpaired) electrons. The largest absolute Gasteiger partial charge is 0.497 e. The molecule has 1 aliphatic rings. The molecule has 7 nitrogen and oxygen atoms in total. The maximum Gasteiger partial charge on any atom is 0.317 e. The SMILES string of the molecule is COc1cccc(CC(C)NC(=O)N2CCC(c3nc(C)no3)CC2)c1. The Morgan fingerprint density at radius 3 is 2.85 bits per heavy atom. The van der Waals surface area contributed by atoms with Crippen LogP contribution in [0.3, 0.4) is 0 Å². The molecule has 0 saturated carbocycles. The van der Waals surface area contributed by atoms with Gasteiger partial charge in [0.15, 0.2) is 5.82 Å². The van der Waals surface area contributed by atoms with Gasteiger partial charge in [0.05, 0.1) is 7.11 Å². The minimum absolute atomic E-state index is 0.0134. The number of aromatic nitrogens is 2. The number of nitrogens with zero attached hydrogens (tertiary/aromatic N) is 3. The second-order valence-corrected chi connectivity index (χ2v) is 6.85. The van der Waals surface area contributed by atoms with Crippen molar-refractivity contribution >= 4 is 6.03 Å². The number of methoxy groups -OCH3 is 1. The molecule has 0 spiro atoms. The van der Waals surface area contributed by atoms with E-state index in [1.807, 2.05) is 43.0 Å². The molecule has 0 aliphatic carbocycles. The van der Waals surface area contributed by atoms with Gasteiger partial charge < -0.3 is 19.5 Å². The van der Waals surface area contributed by atoms with Gasteiger partial charge in [0, 0.05) is 25.0 Å². The van der Waals surface area contributed by atoms with E-state index in [0.29, 0.717) is 24.8 Å². The molecule has 1 fully saturated rings. The zero-order chi connectivity index (χ0) is 18.5. The summed E-state index contributed by atoms with van der Waals surface area (Å²) in [6.07, 6.45) is 2.46. The minimum Gasteiger partial charge on any atom is -0.497 e. The number of urea groups is 1. The van der Waals surface area contributed by atoms with Crippen molar-refractivity contribution in [3.63, 3.8) is 0 Å². The second kappa shape index (κ2) is 8.21. The number of hydrogen-bond acceptors (Lipinski definition) is 5. The molecule has 1 aromatic carbocycles. The quantitative estimate of drug-likeness (QED) is 0.889. The number of carbonyl (C=O) groups excluding carboxylic acids is 1. The molecule has 1 N–H and O–H groups in total. The molecule has 140 valence electrons. The summed E-state index contributed by atoms with van der Waals surface area (Å²) in [6.45, 7) is 5.23. The fourth-order valence-corrected chi connectivity index (χ4v) is 3.31. The van der Waals surface area contributed by atoms with Crippen LogP contribution in [0.2, 0.25) is 0 Å². The molecule has 1 aliphatic heterocycles. The lowest BCUT2D eigenvalue weighted by Crippen LogP contribution is -2.47. The Labute approximate surface area is 153 Å². The number of amides is 2. The van der Waals surface area contributed by atoms with Gasteiger partial charge in [-0.15, -0.1) is 0 Å². The Morgan fingerprint density at radius 1 is 1.42 bits per heavy atom. The van der Waals surface area contributed by atoms with Crippen LogP contribution in [0.15, 0.2) is 28.8 Å². The molecule has 7 heteroatoms. The summed E-state index contributed by atoms with van der Waals surface area (Å²) in [5, 5.41) is 6.94. The van der Waals surface area contributed by atoms with Crippen molar-refractivity contribution in [1.29, 1.82) is 0 Å². The number of benzene rings is 1. The molecule has 2 aromatic rings. The molecule has 26 heavy (non-hydrogen) atoms. The number of carbonyl (C=O) groups is 1. The summed E-state index contributed by atoms with van der Waals surface area (Å²) in [7, 11) is 1.66. The molecule has 1 aromatic heterocycles. The highest BCUT2D eigenvalue weighted by molar-refractivity contribution is 5.74. The number of nitrogens with one attached hydrogen (secondary N) is 1. The first-order chi connectivity index (χ1) is 12.5. The van der Waals surface area contributed by atoms with Crippen molar-refractivity contribution in [2.24, 2.45) is 0 Å². The van der Waals surface area contributed by atoms with E-state index >= 15 is 0 Å². The number of rotatable bonds is 5. The maximum atomic E-state index is 12.5. The summed E-state index contributed by atoms with van der Waals surface area (Å²) in [5.41, 5.74) is 1.14. The van der Waals surface area contributed by atoms with E-state index in [9.17, 15) is 4.79 Å². The first-order valence-electron chi connectivity index (χ1n) is 9.03. The Bertz CT molecular complexity index is 738. The fraction of sp³-hybridized carbons (Fsp3) is 0.526. The highest BCUT2D eigenvalue weighted by atomic mass is 16.5. The van der Waals surface area contributed by atoms with Crippen molar-refractivity contribution in [2.45, 2.75) is 45.1 Å². The van der Waals surface area contributed by atoms with Gasteiger partial charge in [-0.3, -0.25) is 0 Å². The van der Waals surface area contributed by atoms with Gasteiger partial charge in [0.2, 0.25) is 5.89 Å². The number of hydrogen-bond donors (Lipinski definition) is 1. The number of likely N-dealkylation sites (tertiary alicyclic amines) is 1. The number of ether oxygens (including phenoxy) is 1. The second-order valence-electron chi connectivity index (χ2n) is 6.85. The molecule has 3 rings (SSSR count). The Morgan fingerprint density at radius 2 is 2.19 bits per heavy atom. The molecular formula is C19H26N4O3. The van der Waals surface area contributed by atoms with Gasteiger partial charge in [0.25, 0.3) is 0 Å². The monoisotopic (exact) mass is 358 g/mol. The van der Waals surface area contributed by atoms with E-state index in [0.717, 1.165) is 30.6 Å². The van der Waals surface area contributed by atoms with Gasteiger partial charge in [-0.1, -0.05) is 17.3 Å². The molecule has 1 atom stereocenters. The van der Waals surface area contributed by atoms with Crippen LogP contribution < -0.4 is 10.1 Å². The summed E-state index contributed by atoms with van der Waals surface area (Å²) >= 11 is 0. The predicted octanol–water partition coefficient (Wildman–Crippen LogP) is 2.91. The van der Waals surface area contributed by atoms with Gasteiger partial charge in [-0.25, -0.2) is 4.79 Å². The minimum atomic E-state index is -0.0134. The van der Waals surface area contributed by atoms with Crippen molar-refractivity contribution in [3.05, 3.63) is 41.5 Å². The smallest absolute Gasteiger partial charge is 0.317 e. The average Bonchev–Trinajstić information content (AvgIpc) is 3.08. The Balaban J connectivity index is 1.47. The lowest BCUT2D eigenvalue weighted by atomic mass is 9.97. The first-order valence-corrected chi connectivity index (χ1v) is 9.03. The van der Waals surface area contributed by atoms with Gasteiger partial charge in [0.1, 0.15) is 5.75 Å². The van der Waals surface area contributed by atoms with Crippen LogP contribution in [-0.4, -0.2) is 47.3 Å². The Hall–Kier alpha value is -2.57. The van der Waals surface area contributed by atoms with Crippen LogP contribution in [0.4, 0.5) is 4.79 Å². The van der Waals surface area contributed by atoms with E-state index in [1.165, 1.54) is 0 Å². The highest BCUT2D eigenvalue weighted by Gasteiger charge is 2.27.